The number of aryl methyl sites for hydroxylation is 1. The second kappa shape index (κ2) is 7.66. The van der Waals surface area contributed by atoms with E-state index in [2.05, 4.69) is 0 Å². The van der Waals surface area contributed by atoms with E-state index in [1.165, 1.54) is 35.7 Å². The Morgan fingerprint density at radius 1 is 1.10 bits per heavy atom. The summed E-state index contributed by atoms with van der Waals surface area (Å²) in [5.41, 5.74) is 1.01. The lowest BCUT2D eigenvalue weighted by Gasteiger charge is -2.10. The lowest BCUT2D eigenvalue weighted by Crippen LogP contribution is -2.11. The maximum absolute atomic E-state index is 13.6. The minimum Gasteiger partial charge on any atom is -0.493 e. The van der Waals surface area contributed by atoms with Crippen LogP contribution in [0.4, 0.5) is 0 Å². The third-order valence-corrected chi connectivity index (χ3v) is 7.78. The molecule has 0 unspecified atom stereocenters. The van der Waals surface area contributed by atoms with Crippen molar-refractivity contribution >= 4 is 48.3 Å². The molecule has 0 fully saturated rings. The summed E-state index contributed by atoms with van der Waals surface area (Å²) in [4.78, 5) is 11.3. The van der Waals surface area contributed by atoms with E-state index in [9.17, 15) is 13.2 Å². The zero-order valence-corrected chi connectivity index (χ0v) is 17.9. The van der Waals surface area contributed by atoms with Crippen LogP contribution in [-0.4, -0.2) is 37.7 Å². The second-order valence-corrected chi connectivity index (χ2v) is 9.36. The smallest absolute Gasteiger partial charge is 0.303 e. The SMILES string of the molecule is COc1cc2c(CCC(=O)O)cn(S(=O)(=O)c3csc4ccccc34)c2cc1OC. The molecule has 156 valence electrons. The molecule has 2 aromatic heterocycles. The van der Waals surface area contributed by atoms with Crippen LogP contribution in [0.5, 0.6) is 11.5 Å². The van der Waals surface area contributed by atoms with Gasteiger partial charge in [-0.3, -0.25) is 4.79 Å². The number of aliphatic carboxylic acids is 1. The zero-order chi connectivity index (χ0) is 21.5. The van der Waals surface area contributed by atoms with Gasteiger partial charge < -0.3 is 14.6 Å². The van der Waals surface area contributed by atoms with Crippen molar-refractivity contribution in [2.24, 2.45) is 0 Å². The summed E-state index contributed by atoms with van der Waals surface area (Å²) in [6, 6.07) is 10.6. The predicted octanol–water partition coefficient (Wildman–Crippen LogP) is 4.13. The summed E-state index contributed by atoms with van der Waals surface area (Å²) >= 11 is 1.36. The number of methoxy groups -OCH3 is 2. The lowest BCUT2D eigenvalue weighted by molar-refractivity contribution is -0.136. The molecule has 2 aromatic carbocycles. The number of hydrogen-bond acceptors (Lipinski definition) is 6. The molecular weight excluding hydrogens is 426 g/mol. The van der Waals surface area contributed by atoms with E-state index in [1.807, 2.05) is 12.1 Å². The Morgan fingerprint density at radius 2 is 1.80 bits per heavy atom. The maximum atomic E-state index is 13.6. The second-order valence-electron chi connectivity index (χ2n) is 6.67. The molecule has 30 heavy (non-hydrogen) atoms. The van der Waals surface area contributed by atoms with Gasteiger partial charge in [0.05, 0.1) is 19.7 Å². The van der Waals surface area contributed by atoms with Gasteiger partial charge in [-0.2, -0.15) is 0 Å². The summed E-state index contributed by atoms with van der Waals surface area (Å²) in [6.07, 6.45) is 1.57. The molecule has 0 amide bonds. The fraction of sp³-hybridized carbons (Fsp3) is 0.190. The molecule has 0 radical (unpaired) electrons. The minimum absolute atomic E-state index is 0.116. The van der Waals surface area contributed by atoms with E-state index in [1.54, 1.807) is 29.6 Å². The van der Waals surface area contributed by atoms with Crippen LogP contribution in [0.15, 0.2) is 52.9 Å². The highest BCUT2D eigenvalue weighted by Crippen LogP contribution is 2.38. The molecule has 0 saturated carbocycles. The topological polar surface area (TPSA) is 94.8 Å². The quantitative estimate of drug-likeness (QED) is 0.460. The summed E-state index contributed by atoms with van der Waals surface area (Å²) < 4.78 is 40.0. The summed E-state index contributed by atoms with van der Waals surface area (Å²) in [7, 11) is -0.961. The maximum Gasteiger partial charge on any atom is 0.303 e. The average Bonchev–Trinajstić information content (AvgIpc) is 3.33. The minimum atomic E-state index is -3.93. The van der Waals surface area contributed by atoms with Gasteiger partial charge in [-0.25, -0.2) is 12.4 Å². The first-order chi connectivity index (χ1) is 14.4. The van der Waals surface area contributed by atoms with E-state index < -0.39 is 16.0 Å². The van der Waals surface area contributed by atoms with Crippen LogP contribution < -0.4 is 9.47 Å². The van der Waals surface area contributed by atoms with Crippen LogP contribution in [0.2, 0.25) is 0 Å². The Morgan fingerprint density at radius 3 is 2.50 bits per heavy atom. The van der Waals surface area contributed by atoms with Crippen LogP contribution >= 0.6 is 11.3 Å². The van der Waals surface area contributed by atoms with Gasteiger partial charge in [0.1, 0.15) is 4.90 Å². The molecule has 1 N–H and O–H groups in total. The number of carboxylic acids is 1. The first-order valence-electron chi connectivity index (χ1n) is 9.06. The van der Waals surface area contributed by atoms with Gasteiger partial charge in [0.15, 0.2) is 11.5 Å². The number of ether oxygens (including phenoxy) is 2. The molecule has 0 saturated heterocycles. The van der Waals surface area contributed by atoms with Gasteiger partial charge in [-0.1, -0.05) is 18.2 Å². The first-order valence-corrected chi connectivity index (χ1v) is 11.4. The number of nitrogens with zero attached hydrogens (tertiary/aromatic N) is 1. The van der Waals surface area contributed by atoms with Crippen molar-refractivity contribution in [3.05, 3.63) is 53.5 Å². The Labute approximate surface area is 177 Å². The van der Waals surface area contributed by atoms with Crippen LogP contribution in [0.25, 0.3) is 21.0 Å². The molecule has 4 rings (SSSR count). The van der Waals surface area contributed by atoms with Crippen LogP contribution in [-0.2, 0) is 21.2 Å². The highest BCUT2D eigenvalue weighted by Gasteiger charge is 2.25. The monoisotopic (exact) mass is 445 g/mol. The van der Waals surface area contributed by atoms with Gasteiger partial charge >= 0.3 is 5.97 Å². The van der Waals surface area contributed by atoms with Gasteiger partial charge in [0.2, 0.25) is 0 Å². The fourth-order valence-electron chi connectivity index (χ4n) is 3.49. The van der Waals surface area contributed by atoms with Gasteiger partial charge in [-0.05, 0) is 24.1 Å². The molecule has 0 atom stereocenters. The van der Waals surface area contributed by atoms with Crippen molar-refractivity contribution in [2.75, 3.05) is 14.2 Å². The number of fused-ring (bicyclic) bond motifs is 2. The number of aromatic nitrogens is 1. The van der Waals surface area contributed by atoms with Gasteiger partial charge in [0.25, 0.3) is 10.0 Å². The average molecular weight is 446 g/mol. The first kappa shape index (κ1) is 20.2. The van der Waals surface area contributed by atoms with Crippen molar-refractivity contribution in [3.63, 3.8) is 0 Å². The van der Waals surface area contributed by atoms with Crippen molar-refractivity contribution in [1.29, 1.82) is 0 Å². The Hall–Kier alpha value is -3.04. The predicted molar refractivity (Wildman–Crippen MR) is 115 cm³/mol. The third-order valence-electron chi connectivity index (χ3n) is 4.95. The highest BCUT2D eigenvalue weighted by molar-refractivity contribution is 7.90. The molecule has 0 spiro atoms. The Balaban J connectivity index is 1.98. The standard InChI is InChI=1S/C21H19NO6S2/c1-27-17-9-15-13(7-8-21(23)24)11-22(16(15)10-18(17)28-2)30(25,26)20-12-29-19-6-4-3-5-14(19)20/h3-6,9-12H,7-8H2,1-2H3,(H,23,24). The van der Waals surface area contributed by atoms with Crippen LogP contribution in [0.3, 0.4) is 0 Å². The Bertz CT molecular complexity index is 1370. The normalized spacial score (nSPS) is 11.8. The number of benzene rings is 2. The van der Waals surface area contributed by atoms with E-state index in [-0.39, 0.29) is 17.7 Å². The molecule has 4 aromatic rings. The van der Waals surface area contributed by atoms with Gasteiger partial charge in [0, 0.05) is 39.5 Å². The largest absolute Gasteiger partial charge is 0.493 e. The van der Waals surface area contributed by atoms with Crippen molar-refractivity contribution in [1.82, 2.24) is 3.97 Å². The van der Waals surface area contributed by atoms with E-state index in [0.717, 1.165) is 4.70 Å². The number of hydrogen-bond donors (Lipinski definition) is 1. The highest BCUT2D eigenvalue weighted by atomic mass is 32.2. The molecule has 7 nitrogen and oxygen atoms in total. The van der Waals surface area contributed by atoms with Gasteiger partial charge in [-0.15, -0.1) is 11.3 Å². The molecule has 2 heterocycles. The van der Waals surface area contributed by atoms with Crippen molar-refractivity contribution in [2.45, 2.75) is 17.7 Å². The lowest BCUT2D eigenvalue weighted by atomic mass is 10.1. The zero-order valence-electron chi connectivity index (χ0n) is 16.3. The summed E-state index contributed by atoms with van der Waals surface area (Å²) in [5, 5.41) is 12.0. The van der Waals surface area contributed by atoms with E-state index in [4.69, 9.17) is 14.6 Å². The summed E-state index contributed by atoms with van der Waals surface area (Å²) in [5.74, 6) is -0.125. The fourth-order valence-corrected chi connectivity index (χ4v) is 6.35. The summed E-state index contributed by atoms with van der Waals surface area (Å²) in [6.45, 7) is 0. The molecule has 0 bridgehead atoms. The van der Waals surface area contributed by atoms with E-state index in [0.29, 0.717) is 33.4 Å². The number of carboxylic acid groups (broad SMARTS) is 1. The number of carbonyl (C=O) groups is 1. The Kier molecular flexibility index (Phi) is 5.17. The molecular formula is C21H19NO6S2. The number of rotatable bonds is 7. The molecule has 0 aliphatic carbocycles. The third kappa shape index (κ3) is 3.29. The van der Waals surface area contributed by atoms with E-state index >= 15 is 0 Å². The molecule has 0 aliphatic rings. The van der Waals surface area contributed by atoms with Crippen LogP contribution in [0, 0.1) is 0 Å². The van der Waals surface area contributed by atoms with Crippen molar-refractivity contribution < 1.29 is 27.8 Å². The number of thiophene rings is 1. The molecule has 0 aliphatic heterocycles. The van der Waals surface area contributed by atoms with Crippen LogP contribution in [0.1, 0.15) is 12.0 Å². The van der Waals surface area contributed by atoms with Crippen molar-refractivity contribution in [3.8, 4) is 11.5 Å². The molecule has 9 heteroatoms.